The van der Waals surface area contributed by atoms with Gasteiger partial charge in [0.05, 0.1) is 0 Å². The van der Waals surface area contributed by atoms with Crippen LogP contribution in [0.5, 0.6) is 0 Å². The summed E-state index contributed by atoms with van der Waals surface area (Å²) < 4.78 is 0. The van der Waals surface area contributed by atoms with Crippen molar-refractivity contribution in [3.05, 3.63) is 35.9 Å². The average Bonchev–Trinajstić information content (AvgIpc) is 2.06. The van der Waals surface area contributed by atoms with Gasteiger partial charge in [0, 0.05) is 12.5 Å². The number of benzene rings is 1. The molecule has 1 aromatic carbocycles. The maximum absolute atomic E-state index is 10.0. The lowest BCUT2D eigenvalue weighted by atomic mass is 10.1. The predicted octanol–water partition coefficient (Wildman–Crippen LogP) is 1.06. The van der Waals surface area contributed by atoms with Crippen molar-refractivity contribution < 1.29 is 4.79 Å². The van der Waals surface area contributed by atoms with Crippen LogP contribution in [0.15, 0.2) is 30.3 Å². The third-order valence-corrected chi connectivity index (χ3v) is 1.69. The lowest BCUT2D eigenvalue weighted by Crippen LogP contribution is -2.22. The summed E-state index contributed by atoms with van der Waals surface area (Å²) in [5, 5.41) is 0. The molecule has 1 atom stereocenters. The van der Waals surface area contributed by atoms with Crippen LogP contribution in [0.2, 0.25) is 0 Å². The normalized spacial score (nSPS) is 12.4. The minimum atomic E-state index is -0.0927. The summed E-state index contributed by atoms with van der Waals surface area (Å²) in [6.45, 7) is 0. The van der Waals surface area contributed by atoms with Gasteiger partial charge in [0.15, 0.2) is 6.29 Å². The van der Waals surface area contributed by atoms with Crippen LogP contribution in [0.3, 0.4) is 0 Å². The van der Waals surface area contributed by atoms with Crippen LogP contribution in [0.4, 0.5) is 0 Å². The second-order valence-electron chi connectivity index (χ2n) is 2.80. The van der Waals surface area contributed by atoms with E-state index >= 15 is 0 Å². The molecule has 0 aliphatic carbocycles. The molecule has 1 radical (unpaired) electrons. The highest BCUT2D eigenvalue weighted by Crippen LogP contribution is 2.02. The molecule has 0 bridgehead atoms. The van der Waals surface area contributed by atoms with E-state index in [1.54, 1.807) is 0 Å². The second-order valence-corrected chi connectivity index (χ2v) is 2.80. The smallest absolute Gasteiger partial charge is 0.199 e. The van der Waals surface area contributed by atoms with E-state index in [0.717, 1.165) is 6.42 Å². The second kappa shape index (κ2) is 4.67. The van der Waals surface area contributed by atoms with Gasteiger partial charge in [0.1, 0.15) is 0 Å². The van der Waals surface area contributed by atoms with Crippen LogP contribution in [-0.4, -0.2) is 12.3 Å². The fraction of sp³-hybridized carbons (Fsp3) is 0.300. The van der Waals surface area contributed by atoms with E-state index in [0.29, 0.717) is 6.42 Å². The molecule has 0 aliphatic heterocycles. The van der Waals surface area contributed by atoms with E-state index in [4.69, 9.17) is 5.73 Å². The number of hydrogen-bond acceptors (Lipinski definition) is 2. The molecule has 2 N–H and O–H groups in total. The van der Waals surface area contributed by atoms with Gasteiger partial charge in [-0.3, -0.25) is 4.79 Å². The van der Waals surface area contributed by atoms with Gasteiger partial charge in [-0.1, -0.05) is 30.3 Å². The molecule has 12 heavy (non-hydrogen) atoms. The summed E-state index contributed by atoms with van der Waals surface area (Å²) in [5.74, 6) is 0. The molecule has 63 valence electrons. The van der Waals surface area contributed by atoms with Crippen molar-refractivity contribution in [1.29, 1.82) is 0 Å². The van der Waals surface area contributed by atoms with Crippen LogP contribution in [0.1, 0.15) is 12.0 Å². The Balaban J connectivity index is 2.46. The molecule has 0 heterocycles. The fourth-order valence-corrected chi connectivity index (χ4v) is 1.10. The number of rotatable bonds is 4. The average molecular weight is 162 g/mol. The van der Waals surface area contributed by atoms with E-state index in [-0.39, 0.29) is 6.04 Å². The summed E-state index contributed by atoms with van der Waals surface area (Å²) in [6, 6.07) is 9.81. The number of nitrogens with two attached hydrogens (primary N) is 1. The molecule has 0 fully saturated rings. The molecule has 1 aromatic rings. The highest BCUT2D eigenvalue weighted by atomic mass is 16.1. The summed E-state index contributed by atoms with van der Waals surface area (Å²) in [7, 11) is 0. The van der Waals surface area contributed by atoms with Crippen LogP contribution >= 0.6 is 0 Å². The van der Waals surface area contributed by atoms with Crippen LogP contribution in [0, 0.1) is 0 Å². The lowest BCUT2D eigenvalue weighted by Gasteiger charge is -2.06. The van der Waals surface area contributed by atoms with Gasteiger partial charge in [0.25, 0.3) is 0 Å². The molecular weight excluding hydrogens is 150 g/mol. The number of hydrogen-bond donors (Lipinski definition) is 1. The van der Waals surface area contributed by atoms with E-state index in [1.807, 2.05) is 36.6 Å². The first kappa shape index (κ1) is 8.94. The van der Waals surface area contributed by atoms with Gasteiger partial charge in [-0.25, -0.2) is 0 Å². The molecule has 0 amide bonds. The van der Waals surface area contributed by atoms with Crippen molar-refractivity contribution in [3.8, 4) is 0 Å². The molecule has 0 saturated heterocycles. The minimum absolute atomic E-state index is 0.0927. The Hall–Kier alpha value is -1.15. The zero-order chi connectivity index (χ0) is 8.81. The quantitative estimate of drug-likeness (QED) is 0.719. The van der Waals surface area contributed by atoms with E-state index in [9.17, 15) is 4.79 Å². The molecule has 2 heteroatoms. The molecule has 1 rings (SSSR count). The Morgan fingerprint density at radius 2 is 2.00 bits per heavy atom. The van der Waals surface area contributed by atoms with Crippen molar-refractivity contribution in [2.45, 2.75) is 18.9 Å². The topological polar surface area (TPSA) is 43.1 Å². The van der Waals surface area contributed by atoms with Crippen LogP contribution < -0.4 is 5.73 Å². The maximum atomic E-state index is 10.0. The van der Waals surface area contributed by atoms with E-state index < -0.39 is 0 Å². The van der Waals surface area contributed by atoms with Gasteiger partial charge < -0.3 is 5.73 Å². The minimum Gasteiger partial charge on any atom is -0.327 e. The van der Waals surface area contributed by atoms with Crippen molar-refractivity contribution in [2.75, 3.05) is 0 Å². The van der Waals surface area contributed by atoms with Crippen molar-refractivity contribution in [2.24, 2.45) is 5.73 Å². The summed E-state index contributed by atoms with van der Waals surface area (Å²) in [4.78, 5) is 10.0. The molecule has 0 saturated carbocycles. The van der Waals surface area contributed by atoms with Crippen molar-refractivity contribution in [1.82, 2.24) is 0 Å². The summed E-state index contributed by atoms with van der Waals surface area (Å²) in [5.41, 5.74) is 6.82. The van der Waals surface area contributed by atoms with Gasteiger partial charge >= 0.3 is 0 Å². The van der Waals surface area contributed by atoms with E-state index in [2.05, 4.69) is 0 Å². The van der Waals surface area contributed by atoms with Gasteiger partial charge in [-0.05, 0) is 12.0 Å². The first-order valence-corrected chi connectivity index (χ1v) is 3.97. The molecular formula is C10H12NO. The molecule has 0 aliphatic rings. The third kappa shape index (κ3) is 2.84. The Morgan fingerprint density at radius 1 is 1.33 bits per heavy atom. The molecule has 0 aromatic heterocycles. The SMILES string of the molecule is N[C@H](C[C]=O)Cc1ccccc1. The highest BCUT2D eigenvalue weighted by Gasteiger charge is 2.02. The molecule has 0 spiro atoms. The van der Waals surface area contributed by atoms with Crippen LogP contribution in [-0.2, 0) is 11.2 Å². The first-order chi connectivity index (χ1) is 5.83. The molecule has 0 unspecified atom stereocenters. The Morgan fingerprint density at radius 3 is 2.58 bits per heavy atom. The predicted molar refractivity (Wildman–Crippen MR) is 48.4 cm³/mol. The van der Waals surface area contributed by atoms with Crippen molar-refractivity contribution >= 4 is 6.29 Å². The highest BCUT2D eigenvalue weighted by molar-refractivity contribution is 5.51. The first-order valence-electron chi connectivity index (χ1n) is 3.97. The summed E-state index contributed by atoms with van der Waals surface area (Å²) >= 11 is 0. The Kier molecular flexibility index (Phi) is 3.48. The summed E-state index contributed by atoms with van der Waals surface area (Å²) in [6.07, 6.45) is 2.87. The number of carbonyl (C=O) groups excluding carboxylic acids is 1. The lowest BCUT2D eigenvalue weighted by molar-refractivity contribution is 0.539. The van der Waals surface area contributed by atoms with Gasteiger partial charge in [0.2, 0.25) is 0 Å². The Labute approximate surface area is 72.4 Å². The van der Waals surface area contributed by atoms with E-state index in [1.165, 1.54) is 5.56 Å². The molecule has 2 nitrogen and oxygen atoms in total. The monoisotopic (exact) mass is 162 g/mol. The maximum Gasteiger partial charge on any atom is 0.199 e. The van der Waals surface area contributed by atoms with Gasteiger partial charge in [-0.2, -0.15) is 0 Å². The fourth-order valence-electron chi connectivity index (χ4n) is 1.10. The van der Waals surface area contributed by atoms with Gasteiger partial charge in [-0.15, -0.1) is 0 Å². The third-order valence-electron chi connectivity index (χ3n) is 1.69. The standard InChI is InChI=1S/C10H12NO/c11-10(6-7-12)8-9-4-2-1-3-5-9/h1-5,10H,6,8,11H2/t10-/m1/s1. The Bertz CT molecular complexity index is 233. The zero-order valence-electron chi connectivity index (χ0n) is 6.86. The largest absolute Gasteiger partial charge is 0.327 e. The van der Waals surface area contributed by atoms with Crippen molar-refractivity contribution in [3.63, 3.8) is 0 Å². The van der Waals surface area contributed by atoms with Crippen LogP contribution in [0.25, 0.3) is 0 Å². The zero-order valence-corrected chi connectivity index (χ0v) is 6.86.